The summed E-state index contributed by atoms with van der Waals surface area (Å²) >= 11 is 0. The topological polar surface area (TPSA) is 35.5 Å². The third-order valence-corrected chi connectivity index (χ3v) is 4.05. The summed E-state index contributed by atoms with van der Waals surface area (Å²) in [5.74, 6) is 0. The quantitative estimate of drug-likeness (QED) is 0.658. The number of rotatable bonds is 11. The fourth-order valence-electron chi connectivity index (χ4n) is 2.78. The molecule has 0 spiro atoms. The van der Waals surface area contributed by atoms with Crippen molar-refractivity contribution >= 4 is 0 Å². The van der Waals surface area contributed by atoms with Crippen LogP contribution in [-0.4, -0.2) is 49.3 Å². The summed E-state index contributed by atoms with van der Waals surface area (Å²) in [5, 5.41) is 12.8. The van der Waals surface area contributed by atoms with E-state index in [1.54, 1.807) is 0 Å². The van der Waals surface area contributed by atoms with Crippen LogP contribution in [0, 0.1) is 0 Å². The average Bonchev–Trinajstić information content (AvgIpc) is 2.52. The van der Waals surface area contributed by atoms with Crippen molar-refractivity contribution in [3.63, 3.8) is 0 Å². The van der Waals surface area contributed by atoms with Gasteiger partial charge in [0.25, 0.3) is 0 Å². The third kappa shape index (κ3) is 6.16. The Morgan fingerprint density at radius 2 is 1.86 bits per heavy atom. The van der Waals surface area contributed by atoms with Gasteiger partial charge in [0.05, 0.1) is 6.61 Å². The maximum absolute atomic E-state index is 9.32. The van der Waals surface area contributed by atoms with Crippen molar-refractivity contribution in [2.45, 2.75) is 39.0 Å². The van der Waals surface area contributed by atoms with Crippen LogP contribution >= 0.6 is 0 Å². The van der Waals surface area contributed by atoms with Crippen LogP contribution in [0.1, 0.15) is 39.2 Å². The van der Waals surface area contributed by atoms with Crippen molar-refractivity contribution in [1.82, 2.24) is 10.2 Å². The maximum Gasteiger partial charge on any atom is 0.0558 e. The van der Waals surface area contributed by atoms with E-state index in [-0.39, 0.29) is 12.0 Å². The number of likely N-dealkylation sites (N-methyl/N-ethyl adjacent to an activating group) is 1. The summed E-state index contributed by atoms with van der Waals surface area (Å²) in [4.78, 5) is 2.40. The summed E-state index contributed by atoms with van der Waals surface area (Å²) in [7, 11) is 0. The molecule has 3 nitrogen and oxygen atoms in total. The zero-order chi connectivity index (χ0) is 15.6. The highest BCUT2D eigenvalue weighted by atomic mass is 16.3. The molecule has 1 aromatic carbocycles. The van der Waals surface area contributed by atoms with Crippen molar-refractivity contribution in [3.05, 3.63) is 35.9 Å². The van der Waals surface area contributed by atoms with E-state index in [0.29, 0.717) is 0 Å². The number of nitrogens with one attached hydrogen (secondary N) is 1. The van der Waals surface area contributed by atoms with E-state index in [0.717, 1.165) is 32.7 Å². The summed E-state index contributed by atoms with van der Waals surface area (Å²) in [6, 6.07) is 10.7. The fraction of sp³-hybridized carbons (Fsp3) is 0.667. The molecule has 1 unspecified atom stereocenters. The highest BCUT2D eigenvalue weighted by molar-refractivity contribution is 5.25. The standard InChI is InChI=1S/C18H32N2O/c1-4-6-12-20(13-14-21)16-18(3,15-19-5-2)17-10-8-7-9-11-17/h7-11,19,21H,4-6,12-16H2,1-3H3. The summed E-state index contributed by atoms with van der Waals surface area (Å²) in [5.41, 5.74) is 1.44. The molecule has 21 heavy (non-hydrogen) atoms. The van der Waals surface area contributed by atoms with Gasteiger partial charge in [-0.15, -0.1) is 0 Å². The van der Waals surface area contributed by atoms with Crippen LogP contribution in [0.15, 0.2) is 30.3 Å². The largest absolute Gasteiger partial charge is 0.395 e. The van der Waals surface area contributed by atoms with Gasteiger partial charge in [-0.05, 0) is 25.1 Å². The molecule has 0 radical (unpaired) electrons. The molecule has 0 saturated carbocycles. The molecule has 0 heterocycles. The Morgan fingerprint density at radius 3 is 2.43 bits per heavy atom. The van der Waals surface area contributed by atoms with Gasteiger partial charge in [0.2, 0.25) is 0 Å². The van der Waals surface area contributed by atoms with Gasteiger partial charge < -0.3 is 15.3 Å². The van der Waals surface area contributed by atoms with E-state index >= 15 is 0 Å². The Labute approximate surface area is 130 Å². The van der Waals surface area contributed by atoms with Gasteiger partial charge in [0.1, 0.15) is 0 Å². The minimum Gasteiger partial charge on any atom is -0.395 e. The Hall–Kier alpha value is -0.900. The number of aliphatic hydroxyl groups excluding tert-OH is 1. The smallest absolute Gasteiger partial charge is 0.0558 e. The molecule has 3 heteroatoms. The van der Waals surface area contributed by atoms with Crippen LogP contribution in [0.2, 0.25) is 0 Å². The summed E-state index contributed by atoms with van der Waals surface area (Å²) in [6.45, 7) is 11.7. The van der Waals surface area contributed by atoms with E-state index in [1.807, 2.05) is 0 Å². The first-order valence-corrected chi connectivity index (χ1v) is 8.25. The number of aliphatic hydroxyl groups is 1. The molecule has 2 N–H and O–H groups in total. The zero-order valence-electron chi connectivity index (χ0n) is 13.9. The van der Waals surface area contributed by atoms with Gasteiger partial charge in [-0.3, -0.25) is 0 Å². The molecular formula is C18H32N2O. The monoisotopic (exact) mass is 292 g/mol. The Kier molecular flexibility index (Phi) is 8.58. The van der Waals surface area contributed by atoms with E-state index in [1.165, 1.54) is 18.4 Å². The number of hydrogen-bond donors (Lipinski definition) is 2. The third-order valence-electron chi connectivity index (χ3n) is 4.05. The molecule has 120 valence electrons. The normalized spacial score (nSPS) is 14.3. The van der Waals surface area contributed by atoms with Crippen LogP contribution < -0.4 is 5.32 Å². The number of unbranched alkanes of at least 4 members (excludes halogenated alkanes) is 1. The second kappa shape index (κ2) is 9.93. The van der Waals surface area contributed by atoms with Crippen molar-refractivity contribution < 1.29 is 5.11 Å². The first-order valence-electron chi connectivity index (χ1n) is 8.25. The molecule has 1 rings (SSSR count). The first kappa shape index (κ1) is 18.1. The second-order valence-corrected chi connectivity index (χ2v) is 6.06. The van der Waals surface area contributed by atoms with Gasteiger partial charge in [-0.1, -0.05) is 57.5 Å². The SMILES string of the molecule is CCCCN(CCO)CC(C)(CNCC)c1ccccc1. The Morgan fingerprint density at radius 1 is 1.14 bits per heavy atom. The molecule has 0 saturated heterocycles. The first-order chi connectivity index (χ1) is 10.2. The predicted molar refractivity (Wildman–Crippen MR) is 90.8 cm³/mol. The molecule has 0 aromatic heterocycles. The van der Waals surface area contributed by atoms with E-state index in [4.69, 9.17) is 0 Å². The average molecular weight is 292 g/mol. The molecule has 0 fully saturated rings. The summed E-state index contributed by atoms with van der Waals surface area (Å²) < 4.78 is 0. The van der Waals surface area contributed by atoms with Crippen LogP contribution in [0.5, 0.6) is 0 Å². The van der Waals surface area contributed by atoms with Crippen molar-refractivity contribution in [3.8, 4) is 0 Å². The highest BCUT2D eigenvalue weighted by Crippen LogP contribution is 2.24. The second-order valence-electron chi connectivity index (χ2n) is 6.06. The van der Waals surface area contributed by atoms with Crippen molar-refractivity contribution in [2.75, 3.05) is 39.3 Å². The molecule has 0 aliphatic rings. The predicted octanol–water partition coefficient (Wildman–Crippen LogP) is 2.65. The minimum atomic E-state index is 0.0696. The highest BCUT2D eigenvalue weighted by Gasteiger charge is 2.28. The molecule has 1 atom stereocenters. The minimum absolute atomic E-state index is 0.0696. The van der Waals surface area contributed by atoms with Crippen LogP contribution in [0.4, 0.5) is 0 Å². The van der Waals surface area contributed by atoms with E-state index < -0.39 is 0 Å². The lowest BCUT2D eigenvalue weighted by Gasteiger charge is -2.36. The van der Waals surface area contributed by atoms with Crippen LogP contribution in [-0.2, 0) is 5.41 Å². The van der Waals surface area contributed by atoms with Gasteiger partial charge in [0, 0.05) is 25.0 Å². The van der Waals surface area contributed by atoms with Crippen molar-refractivity contribution in [1.29, 1.82) is 0 Å². The summed E-state index contributed by atoms with van der Waals surface area (Å²) in [6.07, 6.45) is 2.38. The molecule has 1 aromatic rings. The lowest BCUT2D eigenvalue weighted by molar-refractivity contribution is 0.163. The zero-order valence-corrected chi connectivity index (χ0v) is 13.9. The molecule has 0 amide bonds. The van der Waals surface area contributed by atoms with Gasteiger partial charge in [-0.25, -0.2) is 0 Å². The molecule has 0 aliphatic carbocycles. The molecular weight excluding hydrogens is 260 g/mol. The van der Waals surface area contributed by atoms with E-state index in [9.17, 15) is 5.11 Å². The number of hydrogen-bond acceptors (Lipinski definition) is 3. The number of nitrogens with zero attached hydrogens (tertiary/aromatic N) is 1. The Bertz CT molecular complexity index is 369. The molecule has 0 aliphatic heterocycles. The number of benzene rings is 1. The lowest BCUT2D eigenvalue weighted by atomic mass is 9.81. The molecule has 0 bridgehead atoms. The van der Waals surface area contributed by atoms with Crippen LogP contribution in [0.3, 0.4) is 0 Å². The lowest BCUT2D eigenvalue weighted by Crippen LogP contribution is -2.46. The van der Waals surface area contributed by atoms with Gasteiger partial charge >= 0.3 is 0 Å². The van der Waals surface area contributed by atoms with Crippen LogP contribution in [0.25, 0.3) is 0 Å². The van der Waals surface area contributed by atoms with Gasteiger partial charge in [0.15, 0.2) is 0 Å². The van der Waals surface area contributed by atoms with Gasteiger partial charge in [-0.2, -0.15) is 0 Å². The van der Waals surface area contributed by atoms with E-state index in [2.05, 4.69) is 61.3 Å². The van der Waals surface area contributed by atoms with Crippen molar-refractivity contribution in [2.24, 2.45) is 0 Å². The maximum atomic E-state index is 9.32. The Balaban J connectivity index is 2.84. The fourth-order valence-corrected chi connectivity index (χ4v) is 2.78.